The van der Waals surface area contributed by atoms with Crippen LogP contribution in [0.5, 0.6) is 0 Å². The summed E-state index contributed by atoms with van der Waals surface area (Å²) in [6, 6.07) is 10.3. The van der Waals surface area contributed by atoms with E-state index in [2.05, 4.69) is 27.3 Å². The Morgan fingerprint density at radius 1 is 1.07 bits per heavy atom. The number of hydrogen-bond acceptors (Lipinski definition) is 10. The third kappa shape index (κ3) is 4.08. The Morgan fingerprint density at radius 2 is 1.86 bits per heavy atom. The van der Waals surface area contributed by atoms with E-state index in [4.69, 9.17) is 17.0 Å². The number of rotatable bonds is 3. The minimum Gasteiger partial charge on any atom is -0.378 e. The highest BCUT2D eigenvalue weighted by Crippen LogP contribution is 2.52. The van der Waals surface area contributed by atoms with Gasteiger partial charge in [0.2, 0.25) is 0 Å². The Balaban J connectivity index is 1.52. The first kappa shape index (κ1) is 20.2. The van der Waals surface area contributed by atoms with E-state index >= 15 is 0 Å². The number of nitrogens with zero attached hydrogens (tertiary/aromatic N) is 2. The average Bonchev–Trinajstić information content (AvgIpc) is 3.37. The number of hydrogen-bond donors (Lipinski definition) is 0. The summed E-state index contributed by atoms with van der Waals surface area (Å²) in [4.78, 5) is 17.2. The van der Waals surface area contributed by atoms with Gasteiger partial charge in [0.05, 0.1) is 28.2 Å². The molecule has 4 heterocycles. The van der Waals surface area contributed by atoms with Gasteiger partial charge in [0.15, 0.2) is 0 Å². The van der Waals surface area contributed by atoms with Gasteiger partial charge in [-0.25, -0.2) is 0 Å². The van der Waals surface area contributed by atoms with Crippen LogP contribution in [0.25, 0.3) is 0 Å². The molecule has 0 bridgehead atoms. The standard InChI is InChI=1S/C19H16N2O2S6/c22-16-14-19(29-28-16)27-17(24)15(21(14)10-12-4-2-1-3-5-12)18-25-11-13(26-18)20-6-8-23-9-7-20/h1-5,11H,6-10H2/b18-15-. The van der Waals surface area contributed by atoms with Gasteiger partial charge in [-0.2, -0.15) is 0 Å². The molecule has 1 aromatic heterocycles. The smallest absolute Gasteiger partial charge is 0.267 e. The van der Waals surface area contributed by atoms with E-state index in [1.165, 1.54) is 25.7 Å². The molecule has 150 valence electrons. The monoisotopic (exact) mass is 496 g/mol. The number of fused-ring (bicyclic) bond motifs is 1. The second-order valence-corrected chi connectivity index (χ2v) is 12.7. The molecule has 4 nitrogen and oxygen atoms in total. The molecule has 0 atom stereocenters. The highest BCUT2D eigenvalue weighted by atomic mass is 32.9. The normalized spacial score (nSPS) is 22.1. The predicted molar refractivity (Wildman–Crippen MR) is 132 cm³/mol. The van der Waals surface area contributed by atoms with Crippen LogP contribution in [-0.4, -0.2) is 35.4 Å². The van der Waals surface area contributed by atoms with Crippen LogP contribution in [0.4, 0.5) is 5.69 Å². The van der Waals surface area contributed by atoms with Crippen LogP contribution in [0.15, 0.2) is 59.7 Å². The zero-order valence-corrected chi connectivity index (χ0v) is 20.1. The SMILES string of the molecule is O=c1ssc2c1N(Cc1ccccc1)/C(=C1/SC=C(N3CCOCC3)S1)C(=S)S2. The maximum atomic E-state index is 12.7. The lowest BCUT2D eigenvalue weighted by atomic mass is 10.2. The molecule has 0 spiro atoms. The van der Waals surface area contributed by atoms with Crippen molar-refractivity contribution in [2.75, 3.05) is 31.2 Å². The Labute approximate surface area is 194 Å². The Hall–Kier alpha value is -0.750. The summed E-state index contributed by atoms with van der Waals surface area (Å²) in [5.74, 6) is 0. The van der Waals surface area contributed by atoms with Crippen LogP contribution in [0, 0.1) is 0 Å². The summed E-state index contributed by atoms with van der Waals surface area (Å²) in [6.07, 6.45) is 0. The zero-order chi connectivity index (χ0) is 19.8. The lowest BCUT2D eigenvalue weighted by molar-refractivity contribution is 0.0578. The van der Waals surface area contributed by atoms with Crippen LogP contribution in [0.3, 0.4) is 0 Å². The molecule has 3 aliphatic rings. The van der Waals surface area contributed by atoms with Gasteiger partial charge in [0.25, 0.3) is 4.74 Å². The minimum absolute atomic E-state index is 0.114. The molecule has 0 radical (unpaired) electrons. The van der Waals surface area contributed by atoms with Gasteiger partial charge in [-0.05, 0) is 15.9 Å². The third-order valence-corrected chi connectivity index (χ3v) is 11.1. The van der Waals surface area contributed by atoms with Crippen LogP contribution in [0.1, 0.15) is 5.56 Å². The van der Waals surface area contributed by atoms with Crippen molar-refractivity contribution in [1.29, 1.82) is 0 Å². The second-order valence-electron chi connectivity index (χ2n) is 6.46. The molecule has 0 N–H and O–H groups in total. The molecular weight excluding hydrogens is 481 g/mol. The Bertz CT molecular complexity index is 1050. The minimum atomic E-state index is 0.114. The van der Waals surface area contributed by atoms with Crippen LogP contribution in [-0.2, 0) is 11.3 Å². The molecule has 0 aliphatic carbocycles. The molecule has 1 fully saturated rings. The van der Waals surface area contributed by atoms with E-state index in [9.17, 15) is 4.79 Å². The Kier molecular flexibility index (Phi) is 6.11. The fourth-order valence-electron chi connectivity index (χ4n) is 3.27. The van der Waals surface area contributed by atoms with Gasteiger partial charge >= 0.3 is 0 Å². The number of anilines is 1. The molecule has 0 amide bonds. The van der Waals surface area contributed by atoms with Crippen molar-refractivity contribution in [2.45, 2.75) is 10.8 Å². The van der Waals surface area contributed by atoms with Gasteiger partial charge in [0, 0.05) is 25.0 Å². The Morgan fingerprint density at radius 3 is 2.66 bits per heavy atom. The first-order chi connectivity index (χ1) is 14.2. The highest BCUT2D eigenvalue weighted by Gasteiger charge is 2.35. The van der Waals surface area contributed by atoms with E-state index in [1.54, 1.807) is 35.3 Å². The maximum Gasteiger partial charge on any atom is 0.267 e. The van der Waals surface area contributed by atoms with E-state index in [0.29, 0.717) is 6.54 Å². The lowest BCUT2D eigenvalue weighted by Crippen LogP contribution is -2.34. The fourth-order valence-corrected chi connectivity index (χ4v) is 10.1. The molecule has 3 aliphatic heterocycles. The molecule has 0 saturated carbocycles. The predicted octanol–water partition coefficient (Wildman–Crippen LogP) is 5.39. The average molecular weight is 497 g/mol. The fraction of sp³-hybridized carbons (Fsp3) is 0.263. The summed E-state index contributed by atoms with van der Waals surface area (Å²) in [5.41, 5.74) is 2.95. The van der Waals surface area contributed by atoms with E-state index < -0.39 is 0 Å². The number of thiocarbonyl (C=S) groups is 1. The summed E-state index contributed by atoms with van der Waals surface area (Å²) in [7, 11) is 2.83. The van der Waals surface area contributed by atoms with Crippen molar-refractivity contribution in [1.82, 2.24) is 4.90 Å². The first-order valence-corrected chi connectivity index (χ1v) is 14.1. The summed E-state index contributed by atoms with van der Waals surface area (Å²) >= 11 is 10.9. The molecule has 1 saturated heterocycles. The zero-order valence-electron chi connectivity index (χ0n) is 15.2. The summed E-state index contributed by atoms with van der Waals surface area (Å²) in [6.45, 7) is 4.00. The number of benzene rings is 1. The molecule has 1 aromatic carbocycles. The van der Waals surface area contributed by atoms with Crippen LogP contribution < -0.4 is 9.64 Å². The van der Waals surface area contributed by atoms with Crippen molar-refractivity contribution in [2.24, 2.45) is 0 Å². The van der Waals surface area contributed by atoms with E-state index in [0.717, 1.165) is 55.9 Å². The van der Waals surface area contributed by atoms with Crippen molar-refractivity contribution in [3.8, 4) is 0 Å². The lowest BCUT2D eigenvalue weighted by Gasteiger charge is -2.32. The van der Waals surface area contributed by atoms with Gasteiger partial charge < -0.3 is 14.5 Å². The van der Waals surface area contributed by atoms with Gasteiger partial charge in [-0.3, -0.25) is 4.79 Å². The van der Waals surface area contributed by atoms with Gasteiger partial charge in [-0.1, -0.05) is 88.2 Å². The number of thioether (sulfide) groups is 3. The third-order valence-electron chi connectivity index (χ3n) is 4.66. The largest absolute Gasteiger partial charge is 0.378 e. The van der Waals surface area contributed by atoms with Crippen molar-refractivity contribution in [3.05, 3.63) is 65.8 Å². The molecular formula is C19H16N2O2S6. The quantitative estimate of drug-likeness (QED) is 0.318. The van der Waals surface area contributed by atoms with Gasteiger partial charge in [-0.15, -0.1) is 0 Å². The molecule has 10 heteroatoms. The highest BCUT2D eigenvalue weighted by molar-refractivity contribution is 8.29. The van der Waals surface area contributed by atoms with Crippen molar-refractivity contribution >= 4 is 78.1 Å². The van der Waals surface area contributed by atoms with Crippen molar-refractivity contribution in [3.63, 3.8) is 0 Å². The summed E-state index contributed by atoms with van der Waals surface area (Å²) < 4.78 is 8.61. The van der Waals surface area contributed by atoms with E-state index in [-0.39, 0.29) is 4.74 Å². The number of morpholine rings is 1. The van der Waals surface area contributed by atoms with Crippen LogP contribution in [0.2, 0.25) is 0 Å². The maximum absolute atomic E-state index is 12.7. The number of ether oxygens (including phenoxy) is 1. The topological polar surface area (TPSA) is 32.8 Å². The van der Waals surface area contributed by atoms with Crippen LogP contribution >= 0.6 is 68.2 Å². The molecule has 0 unspecified atom stereocenters. The molecule has 5 rings (SSSR count). The second kappa shape index (κ2) is 8.78. The molecule has 2 aromatic rings. The molecule has 29 heavy (non-hydrogen) atoms. The van der Waals surface area contributed by atoms with E-state index in [1.807, 2.05) is 18.2 Å². The van der Waals surface area contributed by atoms with Crippen molar-refractivity contribution < 1.29 is 4.74 Å². The summed E-state index contributed by atoms with van der Waals surface area (Å²) in [5, 5.41) is 3.45. The first-order valence-electron chi connectivity index (χ1n) is 8.99. The van der Waals surface area contributed by atoms with Gasteiger partial charge in [0.1, 0.15) is 14.1 Å².